The molecule has 1 saturated heterocycles. The molecule has 1 aromatic carbocycles. The first-order chi connectivity index (χ1) is 13.9. The van der Waals surface area contributed by atoms with Crippen LogP contribution in [0.5, 0.6) is 0 Å². The second-order valence-electron chi connectivity index (χ2n) is 6.90. The summed E-state index contributed by atoms with van der Waals surface area (Å²) in [5.74, 6) is -2.59. The van der Waals surface area contributed by atoms with Gasteiger partial charge in [-0.05, 0) is 37.6 Å². The molecule has 0 aliphatic carbocycles. The van der Waals surface area contributed by atoms with Crippen LogP contribution in [0.2, 0.25) is 0 Å². The summed E-state index contributed by atoms with van der Waals surface area (Å²) in [4.78, 5) is 60.9. The highest BCUT2D eigenvalue weighted by molar-refractivity contribution is 6.06. The second-order valence-corrected chi connectivity index (χ2v) is 6.90. The van der Waals surface area contributed by atoms with Gasteiger partial charge in [-0.1, -0.05) is 6.07 Å². The van der Waals surface area contributed by atoms with Crippen molar-refractivity contribution < 1.29 is 24.0 Å². The number of imide groups is 1. The topological polar surface area (TPSA) is 123 Å². The summed E-state index contributed by atoms with van der Waals surface area (Å²) in [6.45, 7) is 1.78. The number of aryl methyl sites for hydroxylation is 1. The van der Waals surface area contributed by atoms with Crippen LogP contribution in [0.4, 0.5) is 5.69 Å². The molecule has 0 spiro atoms. The summed E-state index contributed by atoms with van der Waals surface area (Å²) in [7, 11) is 0. The van der Waals surface area contributed by atoms with Gasteiger partial charge in [0.05, 0.1) is 11.3 Å². The number of nitrogen functional groups attached to an aromatic ring is 1. The molecule has 0 radical (unpaired) electrons. The fraction of sp³-hybridized carbons (Fsp3) is 0.250. The number of hydrogen-bond acceptors (Lipinski definition) is 7. The predicted octanol–water partition coefficient (Wildman–Crippen LogP) is 1.22. The van der Waals surface area contributed by atoms with Gasteiger partial charge in [0.25, 0.3) is 17.7 Å². The quantitative estimate of drug-likeness (QED) is 0.613. The molecule has 2 aliphatic heterocycles. The van der Waals surface area contributed by atoms with Gasteiger partial charge < -0.3 is 15.5 Å². The summed E-state index contributed by atoms with van der Waals surface area (Å²) < 4.78 is 0. The molecule has 0 saturated carbocycles. The standard InChI is InChI=1S/C20H18N4O5/c1-11-12(5-3-9-22-11)20(28)29-24-17(25)8-7-16(19(24)27)23-10-14-13(18(23)26)4-2-6-15(14)21/h2-6,9,16H,7-8,10,21H2,1H3. The minimum absolute atomic E-state index is 0.0364. The number of hydrogen-bond donors (Lipinski definition) is 1. The van der Waals surface area contributed by atoms with Gasteiger partial charge >= 0.3 is 5.97 Å². The number of rotatable bonds is 3. The molecule has 9 heteroatoms. The van der Waals surface area contributed by atoms with Crippen LogP contribution in [0.3, 0.4) is 0 Å². The molecule has 4 rings (SSSR count). The van der Waals surface area contributed by atoms with Gasteiger partial charge in [-0.15, -0.1) is 5.06 Å². The highest BCUT2D eigenvalue weighted by Crippen LogP contribution is 2.32. The lowest BCUT2D eigenvalue weighted by Crippen LogP contribution is -2.55. The van der Waals surface area contributed by atoms with E-state index in [-0.39, 0.29) is 30.9 Å². The van der Waals surface area contributed by atoms with Gasteiger partial charge in [-0.3, -0.25) is 19.4 Å². The molecule has 2 aliphatic rings. The minimum Gasteiger partial charge on any atom is -0.398 e. The lowest BCUT2D eigenvalue weighted by molar-refractivity contribution is -0.188. The molecule has 3 amide bonds. The fourth-order valence-electron chi connectivity index (χ4n) is 3.59. The van der Waals surface area contributed by atoms with Crippen LogP contribution in [0.25, 0.3) is 0 Å². The van der Waals surface area contributed by atoms with Gasteiger partial charge in [0.2, 0.25) is 0 Å². The van der Waals surface area contributed by atoms with Gasteiger partial charge in [-0.2, -0.15) is 0 Å². The van der Waals surface area contributed by atoms with Crippen molar-refractivity contribution >= 4 is 29.4 Å². The third-order valence-corrected chi connectivity index (χ3v) is 5.15. The maximum Gasteiger partial charge on any atom is 0.365 e. The number of carbonyl (C=O) groups is 4. The van der Waals surface area contributed by atoms with Crippen molar-refractivity contribution in [2.75, 3.05) is 5.73 Å². The number of hydroxylamine groups is 2. The van der Waals surface area contributed by atoms with Crippen LogP contribution >= 0.6 is 0 Å². The van der Waals surface area contributed by atoms with Gasteiger partial charge in [-0.25, -0.2) is 4.79 Å². The van der Waals surface area contributed by atoms with E-state index in [2.05, 4.69) is 4.98 Å². The average Bonchev–Trinajstić information content (AvgIpc) is 3.03. The number of nitrogens with zero attached hydrogens (tertiary/aromatic N) is 3. The highest BCUT2D eigenvalue weighted by atomic mass is 16.7. The summed E-state index contributed by atoms with van der Waals surface area (Å²) >= 11 is 0. The van der Waals surface area contributed by atoms with Crippen LogP contribution in [-0.2, 0) is 21.0 Å². The van der Waals surface area contributed by atoms with E-state index in [1.807, 2.05) is 0 Å². The van der Waals surface area contributed by atoms with Crippen molar-refractivity contribution in [1.29, 1.82) is 0 Å². The second kappa shape index (κ2) is 7.01. The van der Waals surface area contributed by atoms with Crippen LogP contribution in [-0.4, -0.2) is 44.7 Å². The molecule has 1 aromatic heterocycles. The first-order valence-electron chi connectivity index (χ1n) is 9.07. The monoisotopic (exact) mass is 394 g/mol. The van der Waals surface area contributed by atoms with Gasteiger partial charge in [0, 0.05) is 36.0 Å². The summed E-state index contributed by atoms with van der Waals surface area (Å²) in [5.41, 5.74) is 8.06. The van der Waals surface area contributed by atoms with E-state index in [0.717, 1.165) is 0 Å². The molecule has 1 unspecified atom stereocenters. The predicted molar refractivity (Wildman–Crippen MR) is 100.0 cm³/mol. The van der Waals surface area contributed by atoms with E-state index in [1.54, 1.807) is 31.2 Å². The number of piperidine rings is 1. The van der Waals surface area contributed by atoms with Crippen molar-refractivity contribution in [3.8, 4) is 0 Å². The maximum atomic E-state index is 12.9. The molecule has 3 heterocycles. The van der Waals surface area contributed by atoms with E-state index in [0.29, 0.717) is 27.6 Å². The first kappa shape index (κ1) is 18.6. The Labute approximate surface area is 166 Å². The lowest BCUT2D eigenvalue weighted by atomic mass is 10.0. The highest BCUT2D eigenvalue weighted by Gasteiger charge is 2.45. The summed E-state index contributed by atoms with van der Waals surface area (Å²) in [6, 6.07) is 7.13. The number of carbonyl (C=O) groups excluding carboxylic acids is 4. The third-order valence-electron chi connectivity index (χ3n) is 5.15. The average molecular weight is 394 g/mol. The fourth-order valence-corrected chi connectivity index (χ4v) is 3.59. The van der Waals surface area contributed by atoms with Crippen LogP contribution in [0.1, 0.15) is 44.8 Å². The maximum absolute atomic E-state index is 12.9. The van der Waals surface area contributed by atoms with E-state index in [9.17, 15) is 19.2 Å². The molecule has 9 nitrogen and oxygen atoms in total. The van der Waals surface area contributed by atoms with Crippen molar-refractivity contribution in [3.05, 3.63) is 58.9 Å². The molecule has 148 valence electrons. The smallest absolute Gasteiger partial charge is 0.365 e. The Hall–Kier alpha value is -3.75. The number of benzene rings is 1. The Morgan fingerprint density at radius 2 is 2.00 bits per heavy atom. The van der Waals surface area contributed by atoms with Gasteiger partial charge in [0.1, 0.15) is 6.04 Å². The molecule has 2 N–H and O–H groups in total. The summed E-state index contributed by atoms with van der Waals surface area (Å²) in [5, 5.41) is 0.461. The Bertz CT molecular complexity index is 1050. The van der Waals surface area contributed by atoms with Crippen LogP contribution in [0, 0.1) is 6.92 Å². The molecular formula is C20H18N4O5. The van der Waals surface area contributed by atoms with Crippen molar-refractivity contribution in [3.63, 3.8) is 0 Å². The zero-order valence-corrected chi connectivity index (χ0v) is 15.6. The normalized spacial score (nSPS) is 18.8. The van der Waals surface area contributed by atoms with Crippen LogP contribution in [0.15, 0.2) is 36.5 Å². The van der Waals surface area contributed by atoms with Crippen LogP contribution < -0.4 is 5.73 Å². The molecule has 1 fully saturated rings. The molecular weight excluding hydrogens is 376 g/mol. The van der Waals surface area contributed by atoms with Gasteiger partial charge in [0.15, 0.2) is 0 Å². The Kier molecular flexibility index (Phi) is 4.50. The van der Waals surface area contributed by atoms with Crippen molar-refractivity contribution in [2.45, 2.75) is 32.4 Å². The number of nitrogens with two attached hydrogens (primary N) is 1. The molecule has 0 bridgehead atoms. The van der Waals surface area contributed by atoms with E-state index in [4.69, 9.17) is 10.6 Å². The van der Waals surface area contributed by atoms with E-state index < -0.39 is 23.8 Å². The van der Waals surface area contributed by atoms with Crippen molar-refractivity contribution in [1.82, 2.24) is 14.9 Å². The Balaban J connectivity index is 1.56. The molecule has 29 heavy (non-hydrogen) atoms. The zero-order valence-electron chi connectivity index (χ0n) is 15.6. The third kappa shape index (κ3) is 3.10. The number of aromatic nitrogens is 1. The SMILES string of the molecule is Cc1ncccc1C(=O)ON1C(=O)CCC(N2Cc3c(N)cccc3C2=O)C1=O. The number of amides is 3. The minimum atomic E-state index is -0.921. The molecule has 1 atom stereocenters. The Morgan fingerprint density at radius 3 is 2.72 bits per heavy atom. The number of fused-ring (bicyclic) bond motifs is 1. The number of pyridine rings is 1. The Morgan fingerprint density at radius 1 is 1.21 bits per heavy atom. The number of anilines is 1. The zero-order chi connectivity index (χ0) is 20.7. The van der Waals surface area contributed by atoms with E-state index >= 15 is 0 Å². The summed E-state index contributed by atoms with van der Waals surface area (Å²) in [6.07, 6.45) is 1.63. The van der Waals surface area contributed by atoms with E-state index in [1.165, 1.54) is 17.2 Å². The largest absolute Gasteiger partial charge is 0.398 e. The lowest BCUT2D eigenvalue weighted by Gasteiger charge is -2.33. The first-order valence-corrected chi connectivity index (χ1v) is 9.07. The molecule has 2 aromatic rings. The van der Waals surface area contributed by atoms with Crippen molar-refractivity contribution in [2.24, 2.45) is 0 Å².